The Kier molecular flexibility index (Phi) is 17.8. The van der Waals surface area contributed by atoms with Gasteiger partial charge in [0.25, 0.3) is 0 Å². The van der Waals surface area contributed by atoms with Crippen molar-refractivity contribution in [3.05, 3.63) is 32.2 Å². The van der Waals surface area contributed by atoms with Gasteiger partial charge in [-0.3, -0.25) is 19.2 Å². The molecule has 0 radical (unpaired) electrons. The van der Waals surface area contributed by atoms with Gasteiger partial charge in [0.2, 0.25) is 5.91 Å². The van der Waals surface area contributed by atoms with E-state index in [-0.39, 0.29) is 47.0 Å². The van der Waals surface area contributed by atoms with Gasteiger partial charge in [-0.25, -0.2) is 19.6 Å². The fraction of sp³-hybridized carbons (Fsp3) is 0.676. The molecule has 18 heteroatoms. The largest absolute Gasteiger partial charge is 0.460 e. The molecule has 0 fully saturated rings. The first-order valence-electron chi connectivity index (χ1n) is 18.4. The minimum Gasteiger partial charge on any atom is -0.460 e. The van der Waals surface area contributed by atoms with Crippen molar-refractivity contribution in [1.29, 1.82) is 0 Å². The molecule has 4 bridgehead atoms. The Labute approximate surface area is 339 Å². The van der Waals surface area contributed by atoms with Gasteiger partial charge in [0.05, 0.1) is 18.4 Å². The van der Waals surface area contributed by atoms with Gasteiger partial charge in [0, 0.05) is 24.1 Å². The van der Waals surface area contributed by atoms with Crippen LogP contribution in [0.2, 0.25) is 0 Å². The summed E-state index contributed by atoms with van der Waals surface area (Å²) < 4.78 is 27.6. The number of hydrogen-bond acceptors (Lipinski definition) is 15. The number of rotatable bonds is 15. The molecule has 55 heavy (non-hydrogen) atoms. The van der Waals surface area contributed by atoms with Crippen molar-refractivity contribution in [2.75, 3.05) is 6.61 Å². The number of fused-ring (bicyclic) bond motifs is 4. The maximum absolute atomic E-state index is 13.6. The van der Waals surface area contributed by atoms with E-state index in [0.717, 1.165) is 22.7 Å². The molecule has 306 valence electrons. The van der Waals surface area contributed by atoms with Crippen LogP contribution >= 0.6 is 45.9 Å². The number of ether oxygens (including phenoxy) is 5. The Hall–Kier alpha value is -3.34. The summed E-state index contributed by atoms with van der Waals surface area (Å²) in [6, 6.07) is -0.706. The lowest BCUT2D eigenvalue weighted by molar-refractivity contribution is -0.162. The van der Waals surface area contributed by atoms with Gasteiger partial charge in [-0.15, -0.1) is 45.9 Å². The molecule has 1 amide bonds. The number of carbonyl (C=O) groups excluding carboxylic acids is 6. The van der Waals surface area contributed by atoms with Crippen LogP contribution in [0.5, 0.6) is 0 Å². The summed E-state index contributed by atoms with van der Waals surface area (Å²) in [6.07, 6.45) is -2.18. The third-order valence-corrected chi connectivity index (χ3v) is 11.1. The van der Waals surface area contributed by atoms with E-state index in [9.17, 15) is 28.8 Å². The van der Waals surface area contributed by atoms with E-state index in [1.54, 1.807) is 13.8 Å². The lowest BCUT2D eigenvalue weighted by Gasteiger charge is -2.31. The summed E-state index contributed by atoms with van der Waals surface area (Å²) in [7, 11) is 0. The van der Waals surface area contributed by atoms with Crippen LogP contribution in [0.25, 0.3) is 0 Å². The highest BCUT2D eigenvalue weighted by Crippen LogP contribution is 2.33. The Morgan fingerprint density at radius 2 is 1.65 bits per heavy atom. The van der Waals surface area contributed by atoms with Crippen LogP contribution in [0.15, 0.2) is 10.8 Å². The second kappa shape index (κ2) is 21.3. The summed E-state index contributed by atoms with van der Waals surface area (Å²) in [5.41, 5.74) is -0.196. The van der Waals surface area contributed by atoms with Crippen molar-refractivity contribution in [1.82, 2.24) is 15.3 Å². The molecule has 0 aliphatic carbocycles. The number of esters is 5. The number of alkyl halides is 2. The van der Waals surface area contributed by atoms with Crippen LogP contribution in [-0.4, -0.2) is 74.9 Å². The third kappa shape index (κ3) is 14.3. The van der Waals surface area contributed by atoms with Gasteiger partial charge in [0.1, 0.15) is 33.2 Å². The molecular weight excluding hydrogens is 797 g/mol. The van der Waals surface area contributed by atoms with Gasteiger partial charge < -0.3 is 29.0 Å². The van der Waals surface area contributed by atoms with Gasteiger partial charge in [-0.05, 0) is 51.4 Å². The molecule has 1 N–H and O–H groups in total. The molecule has 14 nitrogen and oxygen atoms in total. The number of nitrogens with one attached hydrogen (secondary N) is 1. The number of nitrogens with zero attached hydrogens (tertiary/aromatic N) is 2. The zero-order chi connectivity index (χ0) is 41.0. The molecule has 0 aromatic carbocycles. The molecule has 0 saturated heterocycles. The average Bonchev–Trinajstić information content (AvgIpc) is 3.80. The predicted octanol–water partition coefficient (Wildman–Crippen LogP) is 7.47. The molecule has 0 saturated carbocycles. The smallest absolute Gasteiger partial charge is 0.358 e. The summed E-state index contributed by atoms with van der Waals surface area (Å²) in [5.74, 6) is -5.44. The fourth-order valence-corrected chi connectivity index (χ4v) is 7.72. The number of aromatic nitrogens is 2. The first-order chi connectivity index (χ1) is 25.8. The van der Waals surface area contributed by atoms with Crippen LogP contribution < -0.4 is 5.32 Å². The van der Waals surface area contributed by atoms with E-state index in [1.165, 1.54) is 17.7 Å². The van der Waals surface area contributed by atoms with Crippen LogP contribution in [0.4, 0.5) is 0 Å². The number of halogens is 2. The standard InChI is InChI=1S/C37H51Cl2N3O11S2/c1-9-12-28(44)42-30(20(5)10-2)26(50-22(7)43)15-29(45)51-27-16-49-35(47)23-17-55-33(41-23)31(19(3)4)53-34(46)21(6)25(13-11-14-37(8,38)39)52-36(48)24-18-54-32(27)40-24/h17-21,25-27,30-31H,9-16H2,1-8H3,(H,42,44). The lowest BCUT2D eigenvalue weighted by atomic mass is 9.92. The van der Waals surface area contributed by atoms with E-state index in [2.05, 4.69) is 15.3 Å². The van der Waals surface area contributed by atoms with E-state index in [0.29, 0.717) is 30.7 Å². The maximum Gasteiger partial charge on any atom is 0.358 e. The highest BCUT2D eigenvalue weighted by atomic mass is 35.5. The Morgan fingerprint density at radius 1 is 1.02 bits per heavy atom. The average molecular weight is 849 g/mol. The lowest BCUT2D eigenvalue weighted by Crippen LogP contribution is -2.49. The summed E-state index contributed by atoms with van der Waals surface area (Å²) in [4.78, 5) is 87.5. The van der Waals surface area contributed by atoms with Gasteiger partial charge in [-0.1, -0.05) is 41.0 Å². The first kappa shape index (κ1) is 46.0. The van der Waals surface area contributed by atoms with Gasteiger partial charge in [-0.2, -0.15) is 0 Å². The second-order valence-electron chi connectivity index (χ2n) is 14.1. The zero-order valence-corrected chi connectivity index (χ0v) is 35.5. The number of carbonyl (C=O) groups is 6. The van der Waals surface area contributed by atoms with E-state index < -0.39 is 83.6 Å². The third-order valence-electron chi connectivity index (χ3n) is 8.91. The number of amides is 1. The van der Waals surface area contributed by atoms with Gasteiger partial charge in [0.15, 0.2) is 23.6 Å². The minimum atomic E-state index is -1.31. The number of hydrogen-bond donors (Lipinski definition) is 1. The van der Waals surface area contributed by atoms with Crippen molar-refractivity contribution < 1.29 is 52.5 Å². The van der Waals surface area contributed by atoms with Gasteiger partial charge >= 0.3 is 29.8 Å². The quantitative estimate of drug-likeness (QED) is 0.106. The molecular formula is C37H51Cl2N3O11S2. The molecule has 1 aliphatic heterocycles. The monoisotopic (exact) mass is 847 g/mol. The van der Waals surface area contributed by atoms with Crippen molar-refractivity contribution in [2.24, 2.45) is 17.8 Å². The SMILES string of the molecule is CCCC(=O)NC(C(C)CC)C(CC(=O)OC1COC(=O)c2csc(n2)C(C(C)C)OC(=O)C(C)C(CCCC(C)(Cl)Cl)OC(=O)c2csc1n2)OC(C)=O. The summed E-state index contributed by atoms with van der Waals surface area (Å²) in [6.45, 7) is 13.2. The highest BCUT2D eigenvalue weighted by Gasteiger charge is 2.37. The number of cyclic esters (lactones) is 3. The molecule has 1 aliphatic rings. The summed E-state index contributed by atoms with van der Waals surface area (Å²) >= 11 is 14.4. The topological polar surface area (TPSA) is 186 Å². The minimum absolute atomic E-state index is 0.0558. The van der Waals surface area contributed by atoms with E-state index in [1.807, 2.05) is 34.6 Å². The normalized spacial score (nSPS) is 21.3. The first-order valence-corrected chi connectivity index (χ1v) is 20.9. The number of thiazole rings is 2. The molecule has 0 spiro atoms. The van der Waals surface area contributed by atoms with Crippen LogP contribution in [0.3, 0.4) is 0 Å². The Morgan fingerprint density at radius 3 is 2.25 bits per heavy atom. The molecule has 2 aromatic rings. The zero-order valence-electron chi connectivity index (χ0n) is 32.4. The molecule has 7 atom stereocenters. The van der Waals surface area contributed by atoms with Crippen molar-refractivity contribution in [3.63, 3.8) is 0 Å². The van der Waals surface area contributed by atoms with Crippen molar-refractivity contribution in [3.8, 4) is 0 Å². The second-order valence-corrected chi connectivity index (χ2v) is 17.7. The fourth-order valence-electron chi connectivity index (χ4n) is 5.67. The molecule has 2 aromatic heterocycles. The van der Waals surface area contributed by atoms with E-state index >= 15 is 0 Å². The highest BCUT2D eigenvalue weighted by molar-refractivity contribution is 7.10. The van der Waals surface area contributed by atoms with Crippen molar-refractivity contribution >= 4 is 81.6 Å². The van der Waals surface area contributed by atoms with Crippen LogP contribution in [0.1, 0.15) is 144 Å². The van der Waals surface area contributed by atoms with Crippen molar-refractivity contribution in [2.45, 2.75) is 135 Å². The maximum atomic E-state index is 13.6. The Bertz CT molecular complexity index is 1640. The molecule has 3 rings (SSSR count). The van der Waals surface area contributed by atoms with Crippen LogP contribution in [0, 0.1) is 17.8 Å². The van der Waals surface area contributed by atoms with Crippen LogP contribution in [-0.2, 0) is 42.9 Å². The summed E-state index contributed by atoms with van der Waals surface area (Å²) in [5, 5.41) is 6.22. The predicted molar refractivity (Wildman–Crippen MR) is 206 cm³/mol. The molecule has 3 heterocycles. The molecule has 7 unspecified atom stereocenters. The van der Waals surface area contributed by atoms with E-state index in [4.69, 9.17) is 46.9 Å². The Balaban J connectivity index is 1.99.